The fraction of sp³-hybridized carbons (Fsp3) is 0.273. The lowest BCUT2D eigenvalue weighted by atomic mass is 10.1. The predicted molar refractivity (Wildman–Crippen MR) is 65.5 cm³/mol. The van der Waals surface area contributed by atoms with E-state index in [0.29, 0.717) is 0 Å². The first-order chi connectivity index (χ1) is 6.77. The van der Waals surface area contributed by atoms with Crippen molar-refractivity contribution in [1.29, 1.82) is 0 Å². The lowest BCUT2D eigenvalue weighted by Gasteiger charge is -2.04. The number of aryl methyl sites for hydroxylation is 1. The van der Waals surface area contributed by atoms with E-state index in [1.807, 2.05) is 0 Å². The molecule has 1 aromatic heterocycles. The summed E-state index contributed by atoms with van der Waals surface area (Å²) in [4.78, 5) is 0. The van der Waals surface area contributed by atoms with Gasteiger partial charge >= 0.3 is 0 Å². The van der Waals surface area contributed by atoms with Crippen LogP contribution in [0.15, 0.2) is 22.0 Å². The van der Waals surface area contributed by atoms with Crippen LogP contribution in [0.4, 0.5) is 0 Å². The Balaban J connectivity index is 2.82. The molecular formula is C11H11BrOS. The second kappa shape index (κ2) is 3.91. The first kappa shape index (κ1) is 9.99. The number of benzene rings is 1. The smallest absolute Gasteiger partial charge is 0.137 e. The van der Waals surface area contributed by atoms with Crippen LogP contribution in [-0.2, 0) is 6.42 Å². The van der Waals surface area contributed by atoms with Crippen molar-refractivity contribution in [2.24, 2.45) is 0 Å². The van der Waals surface area contributed by atoms with Gasteiger partial charge in [-0.1, -0.05) is 13.0 Å². The van der Waals surface area contributed by atoms with Gasteiger partial charge in [0.25, 0.3) is 0 Å². The second-order valence-corrected chi connectivity index (χ2v) is 4.80. The minimum atomic E-state index is 0.989. The van der Waals surface area contributed by atoms with Crippen LogP contribution in [0.25, 0.3) is 10.1 Å². The Labute approximate surface area is 95.8 Å². The highest BCUT2D eigenvalue weighted by molar-refractivity contribution is 9.10. The molecule has 74 valence electrons. The van der Waals surface area contributed by atoms with E-state index in [1.165, 1.54) is 15.6 Å². The monoisotopic (exact) mass is 270 g/mol. The van der Waals surface area contributed by atoms with E-state index in [1.54, 1.807) is 18.4 Å². The molecule has 1 aromatic carbocycles. The number of rotatable bonds is 2. The highest BCUT2D eigenvalue weighted by Crippen LogP contribution is 2.39. The summed E-state index contributed by atoms with van der Waals surface area (Å²) >= 11 is 5.28. The summed E-state index contributed by atoms with van der Waals surface area (Å²) in [5.41, 5.74) is 1.35. The number of thiophene rings is 1. The second-order valence-electron chi connectivity index (χ2n) is 3.07. The van der Waals surface area contributed by atoms with E-state index in [2.05, 4.69) is 40.4 Å². The Morgan fingerprint density at radius 3 is 2.86 bits per heavy atom. The largest absolute Gasteiger partial charge is 0.495 e. The number of hydrogen-bond acceptors (Lipinski definition) is 2. The van der Waals surface area contributed by atoms with Crippen LogP contribution in [0.2, 0.25) is 0 Å². The summed E-state index contributed by atoms with van der Waals surface area (Å²) in [6, 6.07) is 4.26. The van der Waals surface area contributed by atoms with Gasteiger partial charge in [0.2, 0.25) is 0 Å². The van der Waals surface area contributed by atoms with Gasteiger partial charge < -0.3 is 4.74 Å². The van der Waals surface area contributed by atoms with E-state index in [4.69, 9.17) is 4.74 Å². The zero-order valence-electron chi connectivity index (χ0n) is 8.13. The van der Waals surface area contributed by atoms with Crippen LogP contribution in [-0.4, -0.2) is 7.11 Å². The fourth-order valence-electron chi connectivity index (χ4n) is 1.60. The SMILES string of the molecule is CCc1ccc(Br)c2scc(OC)c12. The molecule has 14 heavy (non-hydrogen) atoms. The Morgan fingerprint density at radius 1 is 1.43 bits per heavy atom. The third kappa shape index (κ3) is 1.44. The summed E-state index contributed by atoms with van der Waals surface area (Å²) < 4.78 is 7.78. The molecule has 1 heterocycles. The van der Waals surface area contributed by atoms with Gasteiger partial charge in [-0.25, -0.2) is 0 Å². The van der Waals surface area contributed by atoms with Gasteiger partial charge in [0.1, 0.15) is 5.75 Å². The molecule has 3 heteroatoms. The van der Waals surface area contributed by atoms with Crippen molar-refractivity contribution in [2.75, 3.05) is 7.11 Å². The summed E-state index contributed by atoms with van der Waals surface area (Å²) in [6.07, 6.45) is 1.04. The quantitative estimate of drug-likeness (QED) is 0.794. The van der Waals surface area contributed by atoms with Gasteiger partial charge in [-0.3, -0.25) is 0 Å². The molecule has 0 saturated heterocycles. The van der Waals surface area contributed by atoms with Crippen molar-refractivity contribution in [1.82, 2.24) is 0 Å². The first-order valence-corrected chi connectivity index (χ1v) is 6.17. The van der Waals surface area contributed by atoms with Gasteiger partial charge in [0.05, 0.1) is 11.8 Å². The predicted octanol–water partition coefficient (Wildman–Crippen LogP) is 4.23. The van der Waals surface area contributed by atoms with E-state index in [9.17, 15) is 0 Å². The fourth-order valence-corrected chi connectivity index (χ4v) is 3.18. The molecule has 0 spiro atoms. The number of methoxy groups -OCH3 is 1. The van der Waals surface area contributed by atoms with Crippen molar-refractivity contribution in [3.63, 3.8) is 0 Å². The molecule has 0 radical (unpaired) electrons. The molecule has 0 atom stereocenters. The summed E-state index contributed by atoms with van der Waals surface area (Å²) in [6.45, 7) is 2.17. The average molecular weight is 271 g/mol. The van der Waals surface area contributed by atoms with Crippen molar-refractivity contribution < 1.29 is 4.74 Å². The van der Waals surface area contributed by atoms with Crippen molar-refractivity contribution in [3.8, 4) is 5.75 Å². The van der Waals surface area contributed by atoms with E-state index < -0.39 is 0 Å². The molecule has 0 unspecified atom stereocenters. The Bertz CT molecular complexity index is 462. The van der Waals surface area contributed by atoms with Crippen LogP contribution in [0.5, 0.6) is 5.75 Å². The Kier molecular flexibility index (Phi) is 2.79. The first-order valence-electron chi connectivity index (χ1n) is 4.50. The molecule has 0 bridgehead atoms. The van der Waals surface area contributed by atoms with Gasteiger partial charge in [-0.15, -0.1) is 11.3 Å². The summed E-state index contributed by atoms with van der Waals surface area (Å²) in [7, 11) is 1.72. The standard InChI is InChI=1S/C11H11BrOS/c1-3-7-4-5-8(12)11-10(7)9(13-2)6-14-11/h4-6H,3H2,1-2H3. The van der Waals surface area contributed by atoms with E-state index in [-0.39, 0.29) is 0 Å². The van der Waals surface area contributed by atoms with Crippen molar-refractivity contribution in [2.45, 2.75) is 13.3 Å². The molecule has 2 aromatic rings. The summed E-state index contributed by atoms with van der Waals surface area (Å²) in [5.74, 6) is 0.989. The molecule has 0 aliphatic carbocycles. The van der Waals surface area contributed by atoms with Gasteiger partial charge in [0, 0.05) is 15.2 Å². The molecule has 1 nitrogen and oxygen atoms in total. The van der Waals surface area contributed by atoms with Gasteiger partial charge in [-0.05, 0) is 34.0 Å². The van der Waals surface area contributed by atoms with Gasteiger partial charge in [0.15, 0.2) is 0 Å². The van der Waals surface area contributed by atoms with Crippen molar-refractivity contribution in [3.05, 3.63) is 27.5 Å². The number of ether oxygens (including phenoxy) is 1. The third-order valence-electron chi connectivity index (χ3n) is 2.33. The maximum atomic E-state index is 5.35. The third-order valence-corrected chi connectivity index (χ3v) is 4.24. The molecule has 0 aliphatic rings. The van der Waals surface area contributed by atoms with Gasteiger partial charge in [-0.2, -0.15) is 0 Å². The highest BCUT2D eigenvalue weighted by Gasteiger charge is 2.10. The number of halogens is 1. The topological polar surface area (TPSA) is 9.23 Å². The molecular weight excluding hydrogens is 260 g/mol. The average Bonchev–Trinajstić information content (AvgIpc) is 2.63. The maximum Gasteiger partial charge on any atom is 0.137 e. The van der Waals surface area contributed by atoms with E-state index >= 15 is 0 Å². The Morgan fingerprint density at radius 2 is 2.21 bits per heavy atom. The lowest BCUT2D eigenvalue weighted by Crippen LogP contribution is -1.85. The number of hydrogen-bond donors (Lipinski definition) is 0. The molecule has 0 fully saturated rings. The highest BCUT2D eigenvalue weighted by atomic mass is 79.9. The van der Waals surface area contributed by atoms with Crippen LogP contribution in [0.1, 0.15) is 12.5 Å². The zero-order valence-corrected chi connectivity index (χ0v) is 10.5. The normalized spacial score (nSPS) is 10.8. The molecule has 0 amide bonds. The van der Waals surface area contributed by atoms with Crippen LogP contribution in [0.3, 0.4) is 0 Å². The van der Waals surface area contributed by atoms with Crippen LogP contribution >= 0.6 is 27.3 Å². The molecule has 0 saturated carbocycles. The zero-order chi connectivity index (χ0) is 10.1. The summed E-state index contributed by atoms with van der Waals surface area (Å²) in [5, 5.41) is 3.32. The minimum absolute atomic E-state index is 0.989. The number of fused-ring (bicyclic) bond motifs is 1. The van der Waals surface area contributed by atoms with Crippen molar-refractivity contribution >= 4 is 37.4 Å². The Hall–Kier alpha value is -0.540. The van der Waals surface area contributed by atoms with E-state index in [0.717, 1.165) is 16.6 Å². The lowest BCUT2D eigenvalue weighted by molar-refractivity contribution is 0.421. The minimum Gasteiger partial charge on any atom is -0.495 e. The maximum absolute atomic E-state index is 5.35. The molecule has 0 N–H and O–H groups in total. The molecule has 0 aliphatic heterocycles. The van der Waals surface area contributed by atoms with Crippen LogP contribution in [0, 0.1) is 0 Å². The van der Waals surface area contributed by atoms with Crippen LogP contribution < -0.4 is 4.74 Å². The molecule has 2 rings (SSSR count).